The molecule has 3 rings (SSSR count). The molecular weight excluding hydrogens is 352 g/mol. The van der Waals surface area contributed by atoms with E-state index in [1.165, 1.54) is 23.5 Å². The van der Waals surface area contributed by atoms with Crippen LogP contribution in [0.4, 0.5) is 5.69 Å². The number of carbonyl (C=O) groups excluding carboxylic acids is 1. The van der Waals surface area contributed by atoms with Crippen molar-refractivity contribution in [2.75, 3.05) is 6.61 Å². The molecule has 0 aliphatic rings. The van der Waals surface area contributed by atoms with Gasteiger partial charge in [-0.1, -0.05) is 42.5 Å². The molecule has 6 nitrogen and oxygen atoms in total. The van der Waals surface area contributed by atoms with Gasteiger partial charge in [-0.25, -0.2) is 9.78 Å². The topological polar surface area (TPSA) is 82.3 Å². The number of rotatable bonds is 6. The Morgan fingerprint density at radius 2 is 1.96 bits per heavy atom. The van der Waals surface area contributed by atoms with E-state index in [1.54, 1.807) is 19.1 Å². The largest absolute Gasteiger partial charge is 0.462 e. The second kappa shape index (κ2) is 7.88. The first kappa shape index (κ1) is 17.8. The first-order valence-electron chi connectivity index (χ1n) is 8.04. The van der Waals surface area contributed by atoms with Gasteiger partial charge in [0.05, 0.1) is 17.2 Å². The van der Waals surface area contributed by atoms with Crippen LogP contribution in [-0.2, 0) is 11.2 Å². The Morgan fingerprint density at radius 1 is 1.19 bits per heavy atom. The molecule has 0 saturated carbocycles. The molecule has 0 atom stereocenters. The van der Waals surface area contributed by atoms with Crippen LogP contribution in [0.2, 0.25) is 0 Å². The summed E-state index contributed by atoms with van der Waals surface area (Å²) in [7, 11) is 0. The number of non-ortho nitro benzene ring substituents is 1. The van der Waals surface area contributed by atoms with Crippen molar-refractivity contribution in [3.63, 3.8) is 0 Å². The molecule has 1 heterocycles. The molecule has 0 fully saturated rings. The summed E-state index contributed by atoms with van der Waals surface area (Å²) in [6.07, 6.45) is 0.319. The van der Waals surface area contributed by atoms with Crippen molar-refractivity contribution >= 4 is 23.0 Å². The Hall–Kier alpha value is -3.06. The monoisotopic (exact) mass is 368 g/mol. The van der Waals surface area contributed by atoms with E-state index in [1.807, 2.05) is 30.3 Å². The van der Waals surface area contributed by atoms with E-state index in [-0.39, 0.29) is 12.3 Å². The highest BCUT2D eigenvalue weighted by atomic mass is 32.1. The quantitative estimate of drug-likeness (QED) is 0.364. The predicted molar refractivity (Wildman–Crippen MR) is 99.4 cm³/mol. The average molecular weight is 368 g/mol. The molecular formula is C19H16N2O4S. The fourth-order valence-corrected chi connectivity index (χ4v) is 3.49. The molecule has 0 spiro atoms. The zero-order chi connectivity index (χ0) is 18.5. The van der Waals surface area contributed by atoms with Gasteiger partial charge in [0.15, 0.2) is 0 Å². The molecule has 2 aromatic carbocycles. The second-order valence-electron chi connectivity index (χ2n) is 5.49. The average Bonchev–Trinajstić information content (AvgIpc) is 3.07. The zero-order valence-corrected chi connectivity index (χ0v) is 14.9. The van der Waals surface area contributed by atoms with Gasteiger partial charge in [-0.05, 0) is 12.5 Å². The van der Waals surface area contributed by atoms with E-state index >= 15 is 0 Å². The minimum Gasteiger partial charge on any atom is -0.462 e. The lowest BCUT2D eigenvalue weighted by molar-refractivity contribution is -0.384. The van der Waals surface area contributed by atoms with Gasteiger partial charge in [0, 0.05) is 24.1 Å². The van der Waals surface area contributed by atoms with E-state index in [9.17, 15) is 14.9 Å². The maximum Gasteiger partial charge on any atom is 0.350 e. The van der Waals surface area contributed by atoms with Crippen LogP contribution in [-0.4, -0.2) is 22.5 Å². The van der Waals surface area contributed by atoms with Crippen LogP contribution in [0, 0.1) is 10.1 Å². The number of thiazole rings is 1. The lowest BCUT2D eigenvalue weighted by Crippen LogP contribution is -2.06. The summed E-state index contributed by atoms with van der Waals surface area (Å²) in [6, 6.07) is 15.9. The fourth-order valence-electron chi connectivity index (χ4n) is 2.51. The van der Waals surface area contributed by atoms with Gasteiger partial charge < -0.3 is 4.74 Å². The van der Waals surface area contributed by atoms with E-state index in [0.29, 0.717) is 22.0 Å². The predicted octanol–water partition coefficient (Wildman–Crippen LogP) is 4.49. The molecule has 7 heteroatoms. The standard InChI is InChI=1S/C19H16N2O4S/c1-2-25-19(22)17-16(12-13-7-6-10-15(11-13)21(23)24)20-18(26-17)14-8-4-3-5-9-14/h3-11H,2,12H2,1H3. The minimum atomic E-state index is -0.438. The van der Waals surface area contributed by atoms with Crippen LogP contribution in [0.15, 0.2) is 54.6 Å². The lowest BCUT2D eigenvalue weighted by Gasteiger charge is -2.03. The molecule has 26 heavy (non-hydrogen) atoms. The summed E-state index contributed by atoms with van der Waals surface area (Å²) < 4.78 is 5.14. The number of nitro benzene ring substituents is 1. The SMILES string of the molecule is CCOC(=O)c1sc(-c2ccccc2)nc1Cc1cccc([N+](=O)[O-])c1. The Balaban J connectivity index is 1.99. The first-order valence-corrected chi connectivity index (χ1v) is 8.85. The number of hydrogen-bond donors (Lipinski definition) is 0. The maximum absolute atomic E-state index is 12.3. The molecule has 0 amide bonds. The van der Waals surface area contributed by atoms with Gasteiger partial charge in [0.25, 0.3) is 5.69 Å². The van der Waals surface area contributed by atoms with Crippen molar-refractivity contribution in [2.24, 2.45) is 0 Å². The number of nitrogens with zero attached hydrogens (tertiary/aromatic N) is 2. The smallest absolute Gasteiger partial charge is 0.350 e. The van der Waals surface area contributed by atoms with Crippen LogP contribution in [0.25, 0.3) is 10.6 Å². The molecule has 0 aliphatic carbocycles. The Kier molecular flexibility index (Phi) is 5.38. The summed E-state index contributed by atoms with van der Waals surface area (Å²) in [5.41, 5.74) is 2.20. The van der Waals surface area contributed by atoms with Crippen molar-refractivity contribution in [3.8, 4) is 10.6 Å². The lowest BCUT2D eigenvalue weighted by atomic mass is 10.1. The number of benzene rings is 2. The summed E-state index contributed by atoms with van der Waals surface area (Å²) in [6.45, 7) is 2.02. The summed E-state index contributed by atoms with van der Waals surface area (Å²) in [5.74, 6) is -0.424. The van der Waals surface area contributed by atoms with Gasteiger partial charge in [0.2, 0.25) is 0 Å². The molecule has 132 valence electrons. The first-order chi connectivity index (χ1) is 12.6. The van der Waals surface area contributed by atoms with Crippen LogP contribution < -0.4 is 0 Å². The number of nitro groups is 1. The highest BCUT2D eigenvalue weighted by Gasteiger charge is 2.20. The molecule has 0 unspecified atom stereocenters. The van der Waals surface area contributed by atoms with Crippen molar-refractivity contribution in [3.05, 3.63) is 80.8 Å². The van der Waals surface area contributed by atoms with Crippen molar-refractivity contribution in [2.45, 2.75) is 13.3 Å². The van der Waals surface area contributed by atoms with Gasteiger partial charge in [-0.2, -0.15) is 0 Å². The van der Waals surface area contributed by atoms with E-state index < -0.39 is 10.9 Å². The second-order valence-corrected chi connectivity index (χ2v) is 6.48. The molecule has 0 N–H and O–H groups in total. The summed E-state index contributed by atoms with van der Waals surface area (Å²) >= 11 is 1.27. The Labute approximate surface area is 154 Å². The van der Waals surface area contributed by atoms with Crippen LogP contribution >= 0.6 is 11.3 Å². The summed E-state index contributed by atoms with van der Waals surface area (Å²) in [4.78, 5) is 27.9. The zero-order valence-electron chi connectivity index (χ0n) is 14.0. The maximum atomic E-state index is 12.3. The van der Waals surface area contributed by atoms with Gasteiger partial charge in [-0.3, -0.25) is 10.1 Å². The third kappa shape index (κ3) is 3.94. The van der Waals surface area contributed by atoms with E-state index in [2.05, 4.69) is 4.98 Å². The van der Waals surface area contributed by atoms with Crippen LogP contribution in [0.1, 0.15) is 27.9 Å². The summed E-state index contributed by atoms with van der Waals surface area (Å²) in [5, 5.41) is 11.7. The Morgan fingerprint density at radius 3 is 2.65 bits per heavy atom. The number of aromatic nitrogens is 1. The number of hydrogen-bond acceptors (Lipinski definition) is 6. The van der Waals surface area contributed by atoms with Crippen LogP contribution in [0.5, 0.6) is 0 Å². The minimum absolute atomic E-state index is 0.0127. The molecule has 3 aromatic rings. The third-order valence-electron chi connectivity index (χ3n) is 3.67. The normalized spacial score (nSPS) is 10.5. The van der Waals surface area contributed by atoms with Gasteiger partial charge in [0.1, 0.15) is 9.88 Å². The fraction of sp³-hybridized carbons (Fsp3) is 0.158. The number of carbonyl (C=O) groups is 1. The van der Waals surface area contributed by atoms with E-state index in [0.717, 1.165) is 11.1 Å². The highest BCUT2D eigenvalue weighted by Crippen LogP contribution is 2.30. The number of esters is 1. The molecule has 0 aliphatic heterocycles. The van der Waals surface area contributed by atoms with Gasteiger partial charge >= 0.3 is 5.97 Å². The molecule has 0 radical (unpaired) electrons. The van der Waals surface area contributed by atoms with E-state index in [4.69, 9.17) is 4.74 Å². The molecule has 0 saturated heterocycles. The van der Waals surface area contributed by atoms with Crippen molar-refractivity contribution in [1.29, 1.82) is 0 Å². The molecule has 1 aromatic heterocycles. The van der Waals surface area contributed by atoms with Crippen molar-refractivity contribution in [1.82, 2.24) is 4.98 Å². The number of ether oxygens (including phenoxy) is 1. The van der Waals surface area contributed by atoms with Crippen molar-refractivity contribution < 1.29 is 14.5 Å². The molecule has 0 bridgehead atoms. The van der Waals surface area contributed by atoms with Crippen LogP contribution in [0.3, 0.4) is 0 Å². The highest BCUT2D eigenvalue weighted by molar-refractivity contribution is 7.17. The van der Waals surface area contributed by atoms with Gasteiger partial charge in [-0.15, -0.1) is 11.3 Å². The third-order valence-corrected chi connectivity index (χ3v) is 4.80. The Bertz CT molecular complexity index is 938.